The fourth-order valence-electron chi connectivity index (χ4n) is 3.73. The van der Waals surface area contributed by atoms with E-state index < -0.39 is 5.97 Å². The van der Waals surface area contributed by atoms with Crippen molar-refractivity contribution in [3.05, 3.63) is 65.2 Å². The van der Waals surface area contributed by atoms with E-state index in [0.29, 0.717) is 12.2 Å². The van der Waals surface area contributed by atoms with Crippen molar-refractivity contribution in [3.63, 3.8) is 0 Å². The zero-order valence-electron chi connectivity index (χ0n) is 16.1. The first-order valence-corrected chi connectivity index (χ1v) is 9.90. The molecule has 0 aromatic heterocycles. The zero-order chi connectivity index (χ0) is 19.1. The summed E-state index contributed by atoms with van der Waals surface area (Å²) in [5.41, 5.74) is 2.93. The molecule has 1 aliphatic rings. The molecule has 1 aliphatic heterocycles. The van der Waals surface area contributed by atoms with Gasteiger partial charge in [0, 0.05) is 6.54 Å². The van der Waals surface area contributed by atoms with Crippen molar-refractivity contribution in [1.82, 2.24) is 4.90 Å². The quantitative estimate of drug-likeness (QED) is 0.739. The molecule has 0 aliphatic carbocycles. The maximum Gasteiger partial charge on any atom is 0.335 e. The van der Waals surface area contributed by atoms with Crippen LogP contribution in [-0.2, 0) is 13.0 Å². The second-order valence-corrected chi connectivity index (χ2v) is 7.34. The number of carboxylic acids is 1. The standard InChI is InChI=1S/C23H29NO3/c1-2-27-22-11-7-18(8-12-22)3-4-19-13-15-24(16-14-19)17-20-5-9-21(10-6-20)23(25)26/h5-12,19H,2-4,13-17H2,1H3,(H,25,26). The highest BCUT2D eigenvalue weighted by Crippen LogP contribution is 2.24. The topological polar surface area (TPSA) is 49.8 Å². The average Bonchev–Trinajstić information content (AvgIpc) is 2.69. The molecule has 0 amide bonds. The van der Waals surface area contributed by atoms with Crippen LogP contribution in [0.3, 0.4) is 0 Å². The number of aromatic carboxylic acids is 1. The first-order chi connectivity index (χ1) is 13.1. The molecule has 0 spiro atoms. The van der Waals surface area contributed by atoms with Gasteiger partial charge in [0.15, 0.2) is 0 Å². The van der Waals surface area contributed by atoms with E-state index in [1.54, 1.807) is 12.1 Å². The largest absolute Gasteiger partial charge is 0.494 e. The Morgan fingerprint density at radius 3 is 2.26 bits per heavy atom. The number of piperidine rings is 1. The van der Waals surface area contributed by atoms with Crippen molar-refractivity contribution in [1.29, 1.82) is 0 Å². The molecule has 1 N–H and O–H groups in total. The fourth-order valence-corrected chi connectivity index (χ4v) is 3.73. The van der Waals surface area contributed by atoms with Gasteiger partial charge in [-0.2, -0.15) is 0 Å². The number of carbonyl (C=O) groups is 1. The highest BCUT2D eigenvalue weighted by atomic mass is 16.5. The Kier molecular flexibility index (Phi) is 6.88. The minimum atomic E-state index is -0.866. The van der Waals surface area contributed by atoms with Crippen molar-refractivity contribution < 1.29 is 14.6 Å². The van der Waals surface area contributed by atoms with E-state index >= 15 is 0 Å². The van der Waals surface area contributed by atoms with E-state index in [9.17, 15) is 4.79 Å². The van der Waals surface area contributed by atoms with Gasteiger partial charge in [0.05, 0.1) is 12.2 Å². The molecule has 0 atom stereocenters. The van der Waals surface area contributed by atoms with Crippen LogP contribution in [0.2, 0.25) is 0 Å². The van der Waals surface area contributed by atoms with E-state index in [0.717, 1.165) is 37.7 Å². The summed E-state index contributed by atoms with van der Waals surface area (Å²) in [6.45, 7) is 5.86. The second-order valence-electron chi connectivity index (χ2n) is 7.34. The molecule has 4 heteroatoms. The van der Waals surface area contributed by atoms with Crippen LogP contribution >= 0.6 is 0 Å². The molecule has 2 aromatic rings. The highest BCUT2D eigenvalue weighted by Gasteiger charge is 2.19. The van der Waals surface area contributed by atoms with E-state index in [-0.39, 0.29) is 0 Å². The predicted molar refractivity (Wildman–Crippen MR) is 107 cm³/mol. The van der Waals surface area contributed by atoms with Gasteiger partial charge in [0.25, 0.3) is 0 Å². The van der Waals surface area contributed by atoms with Gasteiger partial charge in [-0.1, -0.05) is 24.3 Å². The first kappa shape index (κ1) is 19.4. The van der Waals surface area contributed by atoms with Crippen LogP contribution in [0.5, 0.6) is 5.75 Å². The third-order valence-corrected chi connectivity index (χ3v) is 5.39. The van der Waals surface area contributed by atoms with Crippen LogP contribution in [0.25, 0.3) is 0 Å². The molecule has 0 bridgehead atoms. The Hall–Kier alpha value is -2.33. The Bertz CT molecular complexity index is 716. The van der Waals surface area contributed by atoms with Gasteiger partial charge in [0.2, 0.25) is 0 Å². The number of hydrogen-bond acceptors (Lipinski definition) is 3. The van der Waals surface area contributed by atoms with Crippen LogP contribution in [0.4, 0.5) is 0 Å². The second kappa shape index (κ2) is 9.56. The Morgan fingerprint density at radius 1 is 1.04 bits per heavy atom. The molecule has 0 saturated carbocycles. The summed E-state index contributed by atoms with van der Waals surface area (Å²) in [7, 11) is 0. The minimum Gasteiger partial charge on any atom is -0.494 e. The number of ether oxygens (including phenoxy) is 1. The maximum absolute atomic E-state index is 10.9. The van der Waals surface area contributed by atoms with E-state index in [1.165, 1.54) is 30.4 Å². The molecule has 1 heterocycles. The average molecular weight is 367 g/mol. The van der Waals surface area contributed by atoms with Gasteiger partial charge in [-0.15, -0.1) is 0 Å². The predicted octanol–water partition coefficient (Wildman–Crippen LogP) is 4.63. The summed E-state index contributed by atoms with van der Waals surface area (Å²) in [6, 6.07) is 15.8. The molecule has 0 radical (unpaired) electrons. The summed E-state index contributed by atoms with van der Waals surface area (Å²) >= 11 is 0. The van der Waals surface area contributed by atoms with Gasteiger partial charge in [-0.3, -0.25) is 4.90 Å². The van der Waals surface area contributed by atoms with Crippen molar-refractivity contribution in [3.8, 4) is 5.75 Å². The molecule has 3 rings (SSSR count). The lowest BCUT2D eigenvalue weighted by Crippen LogP contribution is -2.33. The van der Waals surface area contributed by atoms with E-state index in [4.69, 9.17) is 9.84 Å². The number of carboxylic acid groups (broad SMARTS) is 1. The van der Waals surface area contributed by atoms with Gasteiger partial charge in [-0.05, 0) is 87.0 Å². The molecule has 0 unspecified atom stereocenters. The summed E-state index contributed by atoms with van der Waals surface area (Å²) in [4.78, 5) is 13.4. The van der Waals surface area contributed by atoms with Crippen LogP contribution in [0, 0.1) is 5.92 Å². The van der Waals surface area contributed by atoms with Crippen molar-refractivity contribution in [2.75, 3.05) is 19.7 Å². The first-order valence-electron chi connectivity index (χ1n) is 9.90. The summed E-state index contributed by atoms with van der Waals surface area (Å²) in [5.74, 6) is 0.878. The minimum absolute atomic E-state index is 0.353. The fraction of sp³-hybridized carbons (Fsp3) is 0.435. The van der Waals surface area contributed by atoms with Gasteiger partial charge in [0.1, 0.15) is 5.75 Å². The number of rotatable bonds is 8. The van der Waals surface area contributed by atoms with E-state index in [1.807, 2.05) is 19.1 Å². The van der Waals surface area contributed by atoms with Crippen molar-refractivity contribution >= 4 is 5.97 Å². The Balaban J connectivity index is 1.40. The van der Waals surface area contributed by atoms with Gasteiger partial charge < -0.3 is 9.84 Å². The molecule has 2 aromatic carbocycles. The summed E-state index contributed by atoms with van der Waals surface area (Å²) in [5, 5.41) is 8.98. The highest BCUT2D eigenvalue weighted by molar-refractivity contribution is 5.87. The van der Waals surface area contributed by atoms with Crippen molar-refractivity contribution in [2.45, 2.75) is 39.2 Å². The molecular formula is C23H29NO3. The SMILES string of the molecule is CCOc1ccc(CCC2CCN(Cc3ccc(C(=O)O)cc3)CC2)cc1. The third-order valence-electron chi connectivity index (χ3n) is 5.39. The zero-order valence-corrected chi connectivity index (χ0v) is 16.1. The number of aryl methyl sites for hydroxylation is 1. The third kappa shape index (κ3) is 5.83. The van der Waals surface area contributed by atoms with Crippen LogP contribution < -0.4 is 4.74 Å². The monoisotopic (exact) mass is 367 g/mol. The summed E-state index contributed by atoms with van der Waals surface area (Å²) in [6.07, 6.45) is 4.86. The van der Waals surface area contributed by atoms with Crippen LogP contribution in [0.1, 0.15) is 47.7 Å². The lowest BCUT2D eigenvalue weighted by Gasteiger charge is -2.32. The molecular weight excluding hydrogens is 338 g/mol. The lowest BCUT2D eigenvalue weighted by molar-refractivity contribution is 0.0697. The normalized spacial score (nSPS) is 15.6. The molecule has 1 saturated heterocycles. The Labute approximate surface area is 161 Å². The van der Waals surface area contributed by atoms with Gasteiger partial charge in [-0.25, -0.2) is 4.79 Å². The molecule has 144 valence electrons. The number of hydrogen-bond donors (Lipinski definition) is 1. The smallest absolute Gasteiger partial charge is 0.335 e. The summed E-state index contributed by atoms with van der Waals surface area (Å²) < 4.78 is 5.50. The van der Waals surface area contributed by atoms with Gasteiger partial charge >= 0.3 is 5.97 Å². The van der Waals surface area contributed by atoms with Crippen LogP contribution in [-0.4, -0.2) is 35.7 Å². The number of nitrogens with zero attached hydrogens (tertiary/aromatic N) is 1. The molecule has 27 heavy (non-hydrogen) atoms. The number of likely N-dealkylation sites (tertiary alicyclic amines) is 1. The Morgan fingerprint density at radius 2 is 1.67 bits per heavy atom. The van der Waals surface area contributed by atoms with Crippen molar-refractivity contribution in [2.24, 2.45) is 5.92 Å². The maximum atomic E-state index is 10.9. The van der Waals surface area contributed by atoms with E-state index in [2.05, 4.69) is 29.2 Å². The number of benzene rings is 2. The molecule has 1 fully saturated rings. The lowest BCUT2D eigenvalue weighted by atomic mass is 9.90. The van der Waals surface area contributed by atoms with Crippen LogP contribution in [0.15, 0.2) is 48.5 Å². The molecule has 4 nitrogen and oxygen atoms in total.